The summed E-state index contributed by atoms with van der Waals surface area (Å²) in [6.07, 6.45) is -0.338. The van der Waals surface area contributed by atoms with Crippen LogP contribution in [0.5, 0.6) is 0 Å². The smallest absolute Gasteiger partial charge is 0.407 e. The Bertz CT molecular complexity index is 600. The molecule has 0 heterocycles. The monoisotopic (exact) mass is 400 g/mol. The van der Waals surface area contributed by atoms with Crippen molar-refractivity contribution in [2.75, 3.05) is 0 Å². The lowest BCUT2D eigenvalue weighted by Crippen LogP contribution is -2.52. The molecule has 1 saturated carbocycles. The number of carbonyl (C=O) groups is 4. The van der Waals surface area contributed by atoms with E-state index in [2.05, 4.69) is 10.6 Å². The zero-order chi connectivity index (χ0) is 21.6. The average Bonchev–Trinajstić information content (AvgIpc) is 2.81. The molecule has 0 spiro atoms. The fourth-order valence-electron chi connectivity index (χ4n) is 3.71. The van der Waals surface area contributed by atoms with Gasteiger partial charge >= 0.3 is 18.0 Å². The number of carbonyl (C=O) groups excluding carboxylic acids is 3. The Balaban J connectivity index is 3.23. The van der Waals surface area contributed by atoms with Gasteiger partial charge < -0.3 is 25.2 Å². The van der Waals surface area contributed by atoms with E-state index in [0.717, 1.165) is 0 Å². The second-order valence-electron chi connectivity index (χ2n) is 8.18. The lowest BCUT2D eigenvalue weighted by molar-refractivity contribution is -0.157. The average molecular weight is 400 g/mol. The molecule has 1 rings (SSSR count). The van der Waals surface area contributed by atoms with Crippen molar-refractivity contribution in [1.29, 1.82) is 0 Å². The van der Waals surface area contributed by atoms with Crippen LogP contribution in [0.4, 0.5) is 4.79 Å². The van der Waals surface area contributed by atoms with Gasteiger partial charge in [-0.1, -0.05) is 13.3 Å². The topological polar surface area (TPSA) is 131 Å². The first-order valence-corrected chi connectivity index (χ1v) is 9.52. The van der Waals surface area contributed by atoms with Crippen LogP contribution < -0.4 is 10.6 Å². The molecule has 9 nitrogen and oxygen atoms in total. The third kappa shape index (κ3) is 7.01. The molecule has 5 atom stereocenters. The van der Waals surface area contributed by atoms with E-state index in [1.165, 1.54) is 13.8 Å². The number of alkyl carbamates (subject to hydrolysis) is 1. The second kappa shape index (κ2) is 9.75. The first-order chi connectivity index (χ1) is 12.9. The van der Waals surface area contributed by atoms with Gasteiger partial charge in [-0.25, -0.2) is 4.79 Å². The highest BCUT2D eigenvalue weighted by molar-refractivity contribution is 5.75. The molecule has 1 aliphatic rings. The number of amides is 2. The molecule has 0 aromatic carbocycles. The van der Waals surface area contributed by atoms with Gasteiger partial charge in [0.1, 0.15) is 11.7 Å². The first-order valence-electron chi connectivity index (χ1n) is 9.52. The summed E-state index contributed by atoms with van der Waals surface area (Å²) in [7, 11) is 0. The van der Waals surface area contributed by atoms with Crippen molar-refractivity contribution in [3.63, 3.8) is 0 Å². The Hall–Kier alpha value is -2.32. The minimum atomic E-state index is -1.12. The highest BCUT2D eigenvalue weighted by Crippen LogP contribution is 2.38. The van der Waals surface area contributed by atoms with E-state index in [9.17, 15) is 24.3 Å². The second-order valence-corrected chi connectivity index (χ2v) is 8.18. The van der Waals surface area contributed by atoms with E-state index in [1.54, 1.807) is 20.8 Å². The number of carboxylic acids is 1. The molecule has 1 aliphatic carbocycles. The summed E-state index contributed by atoms with van der Waals surface area (Å²) < 4.78 is 10.6. The van der Waals surface area contributed by atoms with E-state index in [1.807, 2.05) is 6.92 Å². The van der Waals surface area contributed by atoms with Crippen LogP contribution in [0.15, 0.2) is 0 Å². The number of carboxylic acid groups (broad SMARTS) is 1. The number of rotatable bonds is 7. The fourth-order valence-corrected chi connectivity index (χ4v) is 3.71. The normalized spacial score (nSPS) is 25.5. The number of aliphatic carboxylic acids is 1. The lowest BCUT2D eigenvalue weighted by atomic mass is 9.88. The largest absolute Gasteiger partial charge is 0.481 e. The van der Waals surface area contributed by atoms with Gasteiger partial charge in [0, 0.05) is 31.8 Å². The molecule has 0 aromatic rings. The van der Waals surface area contributed by atoms with Crippen molar-refractivity contribution >= 4 is 23.9 Å². The van der Waals surface area contributed by atoms with Crippen LogP contribution in [-0.4, -0.2) is 52.8 Å². The van der Waals surface area contributed by atoms with E-state index >= 15 is 0 Å². The number of nitrogens with one attached hydrogen (secondary N) is 2. The molecular formula is C19H32N2O7. The third-order valence-electron chi connectivity index (χ3n) is 4.52. The standard InChI is InChI=1S/C19H32N2O7/c1-7-8-13(20-10(2)22)15-14(21-18(26)28-19(4,5)6)9-12(17(24)25)16(15)27-11(3)23/h12-16H,7-9H2,1-6H3,(H,20,22)(H,21,26)(H,24,25)/t12-,13?,14+,15-,16+/m0/s1. The van der Waals surface area contributed by atoms with Crippen molar-refractivity contribution in [1.82, 2.24) is 10.6 Å². The minimum absolute atomic E-state index is 0.0665. The summed E-state index contributed by atoms with van der Waals surface area (Å²) in [5.41, 5.74) is -0.722. The summed E-state index contributed by atoms with van der Waals surface area (Å²) in [4.78, 5) is 47.4. The molecular weight excluding hydrogens is 368 g/mol. The molecule has 3 N–H and O–H groups in total. The van der Waals surface area contributed by atoms with Gasteiger partial charge in [0.15, 0.2) is 0 Å². The lowest BCUT2D eigenvalue weighted by Gasteiger charge is -2.33. The van der Waals surface area contributed by atoms with Crippen molar-refractivity contribution < 1.29 is 33.8 Å². The minimum Gasteiger partial charge on any atom is -0.481 e. The van der Waals surface area contributed by atoms with Gasteiger partial charge in [-0.05, 0) is 33.6 Å². The van der Waals surface area contributed by atoms with Crippen LogP contribution in [0.1, 0.15) is 60.8 Å². The number of ether oxygens (including phenoxy) is 2. The van der Waals surface area contributed by atoms with Crippen molar-refractivity contribution in [3.05, 3.63) is 0 Å². The van der Waals surface area contributed by atoms with Crippen LogP contribution in [0.2, 0.25) is 0 Å². The molecule has 160 valence electrons. The Morgan fingerprint density at radius 1 is 1.18 bits per heavy atom. The Morgan fingerprint density at radius 3 is 2.21 bits per heavy atom. The Labute approximate surface area is 165 Å². The van der Waals surface area contributed by atoms with Crippen LogP contribution in [0.3, 0.4) is 0 Å². The molecule has 0 bridgehead atoms. The fraction of sp³-hybridized carbons (Fsp3) is 0.789. The van der Waals surface area contributed by atoms with Gasteiger partial charge in [-0.15, -0.1) is 0 Å². The highest BCUT2D eigenvalue weighted by atomic mass is 16.6. The maximum Gasteiger partial charge on any atom is 0.407 e. The van der Waals surface area contributed by atoms with E-state index < -0.39 is 53.7 Å². The summed E-state index contributed by atoms with van der Waals surface area (Å²) in [6.45, 7) is 9.66. The zero-order valence-electron chi connectivity index (χ0n) is 17.4. The van der Waals surface area contributed by atoms with Crippen molar-refractivity contribution in [2.24, 2.45) is 11.8 Å². The van der Waals surface area contributed by atoms with Crippen molar-refractivity contribution in [3.8, 4) is 0 Å². The van der Waals surface area contributed by atoms with Crippen LogP contribution in [0.25, 0.3) is 0 Å². The maximum absolute atomic E-state index is 12.3. The van der Waals surface area contributed by atoms with E-state index in [0.29, 0.717) is 12.8 Å². The molecule has 28 heavy (non-hydrogen) atoms. The molecule has 0 radical (unpaired) electrons. The molecule has 0 aliphatic heterocycles. The summed E-state index contributed by atoms with van der Waals surface area (Å²) in [6, 6.07) is -1.10. The van der Waals surface area contributed by atoms with Gasteiger partial charge in [0.25, 0.3) is 0 Å². The predicted molar refractivity (Wildman–Crippen MR) is 100 cm³/mol. The van der Waals surface area contributed by atoms with Crippen LogP contribution >= 0.6 is 0 Å². The summed E-state index contributed by atoms with van der Waals surface area (Å²) in [5, 5.41) is 15.2. The number of esters is 1. The van der Waals surface area contributed by atoms with E-state index in [-0.39, 0.29) is 12.3 Å². The molecule has 9 heteroatoms. The van der Waals surface area contributed by atoms with Gasteiger partial charge in [-0.3, -0.25) is 14.4 Å². The molecule has 2 amide bonds. The highest BCUT2D eigenvalue weighted by Gasteiger charge is 2.52. The Morgan fingerprint density at radius 2 is 1.79 bits per heavy atom. The van der Waals surface area contributed by atoms with Crippen LogP contribution in [0, 0.1) is 11.8 Å². The van der Waals surface area contributed by atoms with Crippen molar-refractivity contribution in [2.45, 2.75) is 84.6 Å². The molecule has 0 aromatic heterocycles. The van der Waals surface area contributed by atoms with Gasteiger partial charge in [-0.2, -0.15) is 0 Å². The maximum atomic E-state index is 12.3. The number of hydrogen-bond donors (Lipinski definition) is 3. The van der Waals surface area contributed by atoms with Crippen LogP contribution in [-0.2, 0) is 23.9 Å². The molecule has 1 unspecified atom stereocenters. The summed E-state index contributed by atoms with van der Waals surface area (Å²) in [5.74, 6) is -3.61. The summed E-state index contributed by atoms with van der Waals surface area (Å²) >= 11 is 0. The predicted octanol–water partition coefficient (Wildman–Crippen LogP) is 1.84. The van der Waals surface area contributed by atoms with Gasteiger partial charge in [0.05, 0.1) is 5.92 Å². The molecule has 0 saturated heterocycles. The zero-order valence-corrected chi connectivity index (χ0v) is 17.4. The first kappa shape index (κ1) is 23.7. The third-order valence-corrected chi connectivity index (χ3v) is 4.52. The number of hydrogen-bond acceptors (Lipinski definition) is 6. The van der Waals surface area contributed by atoms with Gasteiger partial charge in [0.2, 0.25) is 5.91 Å². The SMILES string of the molecule is CCCC(NC(C)=O)[C@@H]1[C@H](OC(C)=O)[C@@H](C(=O)O)C[C@H]1NC(=O)OC(C)(C)C. The Kier molecular flexibility index (Phi) is 8.26. The molecule has 1 fully saturated rings. The quantitative estimate of drug-likeness (QED) is 0.556. The van der Waals surface area contributed by atoms with E-state index in [4.69, 9.17) is 9.47 Å².